The Kier molecular flexibility index (Phi) is 5.39. The molecule has 2 heterocycles. The van der Waals surface area contributed by atoms with E-state index in [0.29, 0.717) is 12.3 Å². The molecule has 0 bridgehead atoms. The molecule has 3 aromatic rings. The summed E-state index contributed by atoms with van der Waals surface area (Å²) in [7, 11) is 0. The van der Waals surface area contributed by atoms with Crippen LogP contribution in [0.15, 0.2) is 78.0 Å². The fourth-order valence-electron chi connectivity index (χ4n) is 3.16. The molecule has 1 amide bonds. The van der Waals surface area contributed by atoms with E-state index in [1.165, 1.54) is 17.3 Å². The summed E-state index contributed by atoms with van der Waals surface area (Å²) in [4.78, 5) is 17.3. The molecule has 1 N–H and O–H groups in total. The zero-order chi connectivity index (χ0) is 18.5. The van der Waals surface area contributed by atoms with Gasteiger partial charge in [0.05, 0.1) is 12.3 Å². The Morgan fingerprint density at radius 1 is 1.07 bits per heavy atom. The van der Waals surface area contributed by atoms with Gasteiger partial charge in [-0.3, -0.25) is 9.78 Å². The van der Waals surface area contributed by atoms with E-state index in [9.17, 15) is 4.79 Å². The molecule has 2 aromatic carbocycles. The normalized spacial score (nSPS) is 15.0. The van der Waals surface area contributed by atoms with Crippen molar-refractivity contribution in [3.8, 4) is 16.9 Å². The summed E-state index contributed by atoms with van der Waals surface area (Å²) in [5.74, 6) is 1.35. The number of benzene rings is 2. The molecule has 0 saturated heterocycles. The van der Waals surface area contributed by atoms with Crippen molar-refractivity contribution in [1.82, 2.24) is 10.3 Å². The van der Waals surface area contributed by atoms with Gasteiger partial charge in [0.1, 0.15) is 11.9 Å². The molecule has 5 heteroatoms. The van der Waals surface area contributed by atoms with Crippen LogP contribution >= 0.6 is 11.8 Å². The molecule has 4 rings (SSSR count). The molecule has 1 atom stereocenters. The summed E-state index contributed by atoms with van der Waals surface area (Å²) < 4.78 is 6.16. The molecule has 0 radical (unpaired) electrons. The zero-order valence-electron chi connectivity index (χ0n) is 14.8. The van der Waals surface area contributed by atoms with Crippen LogP contribution in [-0.2, 0) is 11.2 Å². The second-order valence-electron chi connectivity index (χ2n) is 6.38. The smallest absolute Gasteiger partial charge is 0.230 e. The molecule has 0 unspecified atom stereocenters. The lowest BCUT2D eigenvalue weighted by Gasteiger charge is -2.13. The van der Waals surface area contributed by atoms with Crippen LogP contribution in [0.2, 0.25) is 0 Å². The Balaban J connectivity index is 1.33. The standard InChI is InChI=1S/C22H20N2O2S/c25-21(15-27-19-6-2-1-3-7-19)24-14-18-13-17-5-4-8-20(22(17)26-18)16-9-11-23-12-10-16/h1-12,18H,13-15H2,(H,24,25)/t18-/m0/s1. The van der Waals surface area contributed by atoms with Crippen molar-refractivity contribution >= 4 is 17.7 Å². The number of fused-ring (bicyclic) bond motifs is 1. The minimum absolute atomic E-state index is 0.0257. The van der Waals surface area contributed by atoms with Crippen LogP contribution in [0.5, 0.6) is 5.75 Å². The van der Waals surface area contributed by atoms with E-state index in [4.69, 9.17) is 4.74 Å². The zero-order valence-corrected chi connectivity index (χ0v) is 15.6. The first-order valence-corrected chi connectivity index (χ1v) is 9.91. The van der Waals surface area contributed by atoms with Gasteiger partial charge in [0.15, 0.2) is 0 Å². The van der Waals surface area contributed by atoms with E-state index >= 15 is 0 Å². The average Bonchev–Trinajstić information content (AvgIpc) is 3.15. The Hall–Kier alpha value is -2.79. The van der Waals surface area contributed by atoms with E-state index in [-0.39, 0.29) is 12.0 Å². The molecule has 0 saturated carbocycles. The number of carbonyl (C=O) groups excluding carboxylic acids is 1. The molecule has 1 aliphatic heterocycles. The molecular formula is C22H20N2O2S. The maximum Gasteiger partial charge on any atom is 0.230 e. The highest BCUT2D eigenvalue weighted by molar-refractivity contribution is 8.00. The highest BCUT2D eigenvalue weighted by Crippen LogP contribution is 2.38. The van der Waals surface area contributed by atoms with Crippen LogP contribution in [0, 0.1) is 0 Å². The number of hydrogen-bond acceptors (Lipinski definition) is 4. The molecule has 1 aliphatic rings. The number of pyridine rings is 1. The number of hydrogen-bond donors (Lipinski definition) is 1. The second kappa shape index (κ2) is 8.27. The summed E-state index contributed by atoms with van der Waals surface area (Å²) in [5, 5.41) is 2.99. The van der Waals surface area contributed by atoms with Crippen LogP contribution in [0.25, 0.3) is 11.1 Å². The molecule has 1 aromatic heterocycles. The minimum atomic E-state index is -0.0336. The first-order chi connectivity index (χ1) is 13.3. The van der Waals surface area contributed by atoms with Gasteiger partial charge in [0, 0.05) is 29.3 Å². The fraction of sp³-hybridized carbons (Fsp3) is 0.182. The number of nitrogens with one attached hydrogen (secondary N) is 1. The first-order valence-electron chi connectivity index (χ1n) is 8.93. The number of para-hydroxylation sites is 1. The summed E-state index contributed by atoms with van der Waals surface area (Å²) >= 11 is 1.54. The molecule has 4 nitrogen and oxygen atoms in total. The van der Waals surface area contributed by atoms with Gasteiger partial charge in [-0.1, -0.05) is 36.4 Å². The highest BCUT2D eigenvalue weighted by atomic mass is 32.2. The lowest BCUT2D eigenvalue weighted by molar-refractivity contribution is -0.118. The van der Waals surface area contributed by atoms with Crippen molar-refractivity contribution in [3.05, 3.63) is 78.6 Å². The van der Waals surface area contributed by atoms with Crippen molar-refractivity contribution in [3.63, 3.8) is 0 Å². The first kappa shape index (κ1) is 17.6. The van der Waals surface area contributed by atoms with Gasteiger partial charge in [-0.05, 0) is 35.4 Å². The number of amides is 1. The van der Waals surface area contributed by atoms with E-state index in [2.05, 4.69) is 28.5 Å². The van der Waals surface area contributed by atoms with Crippen molar-refractivity contribution in [2.24, 2.45) is 0 Å². The molecule has 0 aliphatic carbocycles. The largest absolute Gasteiger partial charge is 0.487 e. The predicted molar refractivity (Wildman–Crippen MR) is 108 cm³/mol. The van der Waals surface area contributed by atoms with Gasteiger partial charge >= 0.3 is 0 Å². The van der Waals surface area contributed by atoms with Crippen LogP contribution in [0.4, 0.5) is 0 Å². The number of aromatic nitrogens is 1. The van der Waals surface area contributed by atoms with Crippen molar-refractivity contribution < 1.29 is 9.53 Å². The number of rotatable bonds is 6. The SMILES string of the molecule is O=C(CSc1ccccc1)NC[C@@H]1Cc2cccc(-c3ccncc3)c2O1. The molecule has 136 valence electrons. The van der Waals surface area contributed by atoms with Gasteiger partial charge in [-0.15, -0.1) is 11.8 Å². The number of nitrogens with zero attached hydrogens (tertiary/aromatic N) is 1. The monoisotopic (exact) mass is 376 g/mol. The number of carbonyl (C=O) groups is 1. The lowest BCUT2D eigenvalue weighted by atomic mass is 10.0. The van der Waals surface area contributed by atoms with E-state index in [1.807, 2.05) is 42.5 Å². The van der Waals surface area contributed by atoms with Crippen LogP contribution < -0.4 is 10.1 Å². The third-order valence-electron chi connectivity index (χ3n) is 4.46. The van der Waals surface area contributed by atoms with Crippen LogP contribution in [0.3, 0.4) is 0 Å². The van der Waals surface area contributed by atoms with Gasteiger partial charge in [0.2, 0.25) is 5.91 Å². The average molecular weight is 376 g/mol. The maximum atomic E-state index is 12.1. The lowest BCUT2D eigenvalue weighted by Crippen LogP contribution is -2.35. The van der Waals surface area contributed by atoms with Gasteiger partial charge in [0.25, 0.3) is 0 Å². The molecular weight excluding hydrogens is 356 g/mol. The van der Waals surface area contributed by atoms with Crippen molar-refractivity contribution in [2.45, 2.75) is 17.4 Å². The predicted octanol–water partition coefficient (Wildman–Crippen LogP) is 3.96. The Morgan fingerprint density at radius 2 is 1.89 bits per heavy atom. The topological polar surface area (TPSA) is 51.2 Å². The maximum absolute atomic E-state index is 12.1. The number of ether oxygens (including phenoxy) is 1. The van der Waals surface area contributed by atoms with Gasteiger partial charge < -0.3 is 10.1 Å². The summed E-state index contributed by atoms with van der Waals surface area (Å²) in [6.45, 7) is 0.513. The Labute approximate surface area is 163 Å². The van der Waals surface area contributed by atoms with Crippen LogP contribution in [0.1, 0.15) is 5.56 Å². The highest BCUT2D eigenvalue weighted by Gasteiger charge is 2.26. The van der Waals surface area contributed by atoms with Crippen molar-refractivity contribution in [2.75, 3.05) is 12.3 Å². The Morgan fingerprint density at radius 3 is 2.70 bits per heavy atom. The third kappa shape index (κ3) is 4.31. The summed E-state index contributed by atoms with van der Waals surface area (Å²) in [6, 6.07) is 20.1. The quantitative estimate of drug-likeness (QED) is 0.662. The van der Waals surface area contributed by atoms with Crippen LogP contribution in [-0.4, -0.2) is 29.3 Å². The van der Waals surface area contributed by atoms with Crippen molar-refractivity contribution in [1.29, 1.82) is 0 Å². The fourth-order valence-corrected chi connectivity index (χ4v) is 3.90. The summed E-state index contributed by atoms with van der Waals surface area (Å²) in [5.41, 5.74) is 3.34. The Bertz CT molecular complexity index is 916. The summed E-state index contributed by atoms with van der Waals surface area (Å²) in [6.07, 6.45) is 4.34. The second-order valence-corrected chi connectivity index (χ2v) is 7.43. The van der Waals surface area contributed by atoms with E-state index < -0.39 is 0 Å². The van der Waals surface area contributed by atoms with E-state index in [1.54, 1.807) is 12.4 Å². The minimum Gasteiger partial charge on any atom is -0.487 e. The third-order valence-corrected chi connectivity index (χ3v) is 5.47. The molecule has 27 heavy (non-hydrogen) atoms. The molecule has 0 fully saturated rings. The van der Waals surface area contributed by atoms with Gasteiger partial charge in [-0.2, -0.15) is 0 Å². The van der Waals surface area contributed by atoms with Gasteiger partial charge in [-0.25, -0.2) is 0 Å². The number of thioether (sulfide) groups is 1. The molecule has 0 spiro atoms. The van der Waals surface area contributed by atoms with E-state index in [0.717, 1.165) is 28.2 Å².